The molecule has 2 aromatic heterocycles. The maximum atomic E-state index is 13.8. The third-order valence-electron chi connectivity index (χ3n) is 6.77. The lowest BCUT2D eigenvalue weighted by Gasteiger charge is -2.30. The Morgan fingerprint density at radius 3 is 2.57 bits per heavy atom. The van der Waals surface area contributed by atoms with Crippen molar-refractivity contribution in [2.45, 2.75) is 32.0 Å². The third kappa shape index (κ3) is 5.04. The summed E-state index contributed by atoms with van der Waals surface area (Å²) in [4.78, 5) is 17.1. The highest BCUT2D eigenvalue weighted by Crippen LogP contribution is 2.31. The number of ether oxygens (including phenoxy) is 2. The van der Waals surface area contributed by atoms with Crippen LogP contribution < -0.4 is 20.1 Å². The Morgan fingerprint density at radius 1 is 0.946 bits per heavy atom. The summed E-state index contributed by atoms with van der Waals surface area (Å²) in [6, 6.07) is 23.6. The number of carbonyl (C=O) groups is 1. The number of nitrogens with one attached hydrogen (secondary N) is 3. The van der Waals surface area contributed by atoms with E-state index < -0.39 is 5.54 Å². The SMILES string of the molecule is COc1cccc(CNC(=O)C(C)(Cc2c[nH]c3ccccc23)NCc2cc3ccccc3o2)c1OC. The highest BCUT2D eigenvalue weighted by Gasteiger charge is 2.34. The van der Waals surface area contributed by atoms with E-state index in [9.17, 15) is 4.79 Å². The molecule has 7 heteroatoms. The molecule has 0 radical (unpaired) electrons. The first-order chi connectivity index (χ1) is 18.0. The average Bonchev–Trinajstić information content (AvgIpc) is 3.54. The number of hydrogen-bond donors (Lipinski definition) is 3. The molecule has 0 aliphatic rings. The summed E-state index contributed by atoms with van der Waals surface area (Å²) in [6.07, 6.45) is 2.46. The molecule has 5 aromatic rings. The number of methoxy groups -OCH3 is 2. The van der Waals surface area contributed by atoms with E-state index in [0.29, 0.717) is 31.0 Å². The molecule has 2 heterocycles. The maximum Gasteiger partial charge on any atom is 0.240 e. The van der Waals surface area contributed by atoms with Gasteiger partial charge in [0.25, 0.3) is 0 Å². The number of aromatic amines is 1. The number of aromatic nitrogens is 1. The molecule has 190 valence electrons. The number of hydrogen-bond acceptors (Lipinski definition) is 5. The zero-order chi connectivity index (χ0) is 25.8. The van der Waals surface area contributed by atoms with Gasteiger partial charge < -0.3 is 24.2 Å². The molecule has 3 N–H and O–H groups in total. The van der Waals surface area contributed by atoms with Crippen LogP contribution in [0.2, 0.25) is 0 Å². The lowest BCUT2D eigenvalue weighted by atomic mass is 9.91. The van der Waals surface area contributed by atoms with Crippen molar-refractivity contribution in [3.63, 3.8) is 0 Å². The number of fused-ring (bicyclic) bond motifs is 2. The Hall–Kier alpha value is -4.23. The number of para-hydroxylation sites is 3. The van der Waals surface area contributed by atoms with Crippen molar-refractivity contribution >= 4 is 27.8 Å². The molecule has 0 saturated heterocycles. The van der Waals surface area contributed by atoms with E-state index in [1.54, 1.807) is 14.2 Å². The molecule has 3 aromatic carbocycles. The van der Waals surface area contributed by atoms with Crippen molar-refractivity contribution in [3.05, 3.63) is 95.9 Å². The van der Waals surface area contributed by atoms with E-state index in [0.717, 1.165) is 38.8 Å². The van der Waals surface area contributed by atoms with Crippen molar-refractivity contribution < 1.29 is 18.7 Å². The van der Waals surface area contributed by atoms with Gasteiger partial charge in [0.2, 0.25) is 5.91 Å². The monoisotopic (exact) mass is 497 g/mol. The first-order valence-electron chi connectivity index (χ1n) is 12.3. The maximum absolute atomic E-state index is 13.8. The Bertz CT molecular complexity index is 1500. The zero-order valence-electron chi connectivity index (χ0n) is 21.3. The van der Waals surface area contributed by atoms with Gasteiger partial charge in [-0.2, -0.15) is 0 Å². The fraction of sp³-hybridized carbons (Fsp3) is 0.233. The molecule has 0 bridgehead atoms. The van der Waals surface area contributed by atoms with E-state index >= 15 is 0 Å². The predicted octanol–water partition coefficient (Wildman–Crippen LogP) is 5.34. The smallest absolute Gasteiger partial charge is 0.240 e. The molecular formula is C30H31N3O4. The molecule has 1 unspecified atom stereocenters. The van der Waals surface area contributed by atoms with Gasteiger partial charge in [-0.25, -0.2) is 0 Å². The summed E-state index contributed by atoms with van der Waals surface area (Å²) in [5.41, 5.74) is 2.84. The van der Waals surface area contributed by atoms with Crippen molar-refractivity contribution in [3.8, 4) is 11.5 Å². The normalized spacial score (nSPS) is 12.9. The Balaban J connectivity index is 1.40. The first-order valence-corrected chi connectivity index (χ1v) is 12.3. The standard InChI is InChI=1S/C30H31N3O4/c1-30(16-22-18-31-25-12-6-5-11-24(22)25,33-19-23-15-20-9-4-7-13-26(20)37-23)29(34)32-17-21-10-8-14-27(35-2)28(21)36-3/h4-15,18,31,33H,16-17,19H2,1-3H3,(H,32,34). The zero-order valence-corrected chi connectivity index (χ0v) is 21.3. The van der Waals surface area contributed by atoms with Crippen molar-refractivity contribution in [1.82, 2.24) is 15.6 Å². The molecule has 1 amide bonds. The van der Waals surface area contributed by atoms with Crippen LogP contribution in [0.4, 0.5) is 0 Å². The molecule has 0 aliphatic heterocycles. The minimum absolute atomic E-state index is 0.126. The van der Waals surface area contributed by atoms with Crippen LogP contribution in [0.5, 0.6) is 11.5 Å². The van der Waals surface area contributed by atoms with E-state index in [4.69, 9.17) is 13.9 Å². The molecule has 37 heavy (non-hydrogen) atoms. The quantitative estimate of drug-likeness (QED) is 0.242. The van der Waals surface area contributed by atoms with Crippen molar-refractivity contribution in [2.24, 2.45) is 0 Å². The molecule has 7 nitrogen and oxygen atoms in total. The van der Waals surface area contributed by atoms with Crippen LogP contribution in [0.25, 0.3) is 21.9 Å². The van der Waals surface area contributed by atoms with Crippen molar-refractivity contribution in [2.75, 3.05) is 14.2 Å². The van der Waals surface area contributed by atoms with E-state index in [1.165, 1.54) is 0 Å². The summed E-state index contributed by atoms with van der Waals surface area (Å²) in [5.74, 6) is 1.88. The molecule has 0 saturated carbocycles. The van der Waals surface area contributed by atoms with Gasteiger partial charge >= 0.3 is 0 Å². The Labute approximate surface area is 215 Å². The number of furan rings is 1. The van der Waals surface area contributed by atoms with Crippen LogP contribution in [0.3, 0.4) is 0 Å². The van der Waals surface area contributed by atoms with E-state index in [1.807, 2.05) is 79.9 Å². The van der Waals surface area contributed by atoms with Gasteiger partial charge in [-0.05, 0) is 36.8 Å². The number of carbonyl (C=O) groups excluding carboxylic acids is 1. The van der Waals surface area contributed by atoms with Crippen LogP contribution in [0, 0.1) is 0 Å². The van der Waals surface area contributed by atoms with Gasteiger partial charge in [-0.15, -0.1) is 0 Å². The van der Waals surface area contributed by atoms with Gasteiger partial charge in [-0.3, -0.25) is 10.1 Å². The third-order valence-corrected chi connectivity index (χ3v) is 6.77. The summed E-state index contributed by atoms with van der Waals surface area (Å²) in [7, 11) is 3.19. The number of benzene rings is 3. The average molecular weight is 498 g/mol. The lowest BCUT2D eigenvalue weighted by Crippen LogP contribution is -2.55. The van der Waals surface area contributed by atoms with Gasteiger partial charge in [-0.1, -0.05) is 48.5 Å². The second kappa shape index (κ2) is 10.4. The van der Waals surface area contributed by atoms with Crippen LogP contribution in [0.15, 0.2) is 83.4 Å². The van der Waals surface area contributed by atoms with Crippen LogP contribution in [-0.4, -0.2) is 30.6 Å². The predicted molar refractivity (Wildman–Crippen MR) is 145 cm³/mol. The molecule has 0 spiro atoms. The Morgan fingerprint density at radius 2 is 1.76 bits per heavy atom. The van der Waals surface area contributed by atoms with E-state index in [2.05, 4.69) is 21.7 Å². The first kappa shape index (κ1) is 24.5. The number of H-pyrrole nitrogens is 1. The lowest BCUT2D eigenvalue weighted by molar-refractivity contribution is -0.127. The molecule has 1 atom stereocenters. The molecule has 0 aliphatic carbocycles. The Kier molecular flexibility index (Phi) is 6.88. The minimum Gasteiger partial charge on any atom is -0.493 e. The summed E-state index contributed by atoms with van der Waals surface area (Å²) >= 11 is 0. The van der Waals surface area contributed by atoms with Gasteiger partial charge in [0.1, 0.15) is 11.3 Å². The summed E-state index contributed by atoms with van der Waals surface area (Å²) in [5, 5.41) is 8.73. The number of amides is 1. The fourth-order valence-corrected chi connectivity index (χ4v) is 4.75. The number of rotatable bonds is 10. The molecular weight excluding hydrogens is 466 g/mol. The second-order valence-electron chi connectivity index (χ2n) is 9.31. The van der Waals surface area contributed by atoms with Crippen molar-refractivity contribution in [1.29, 1.82) is 0 Å². The summed E-state index contributed by atoms with van der Waals surface area (Å²) in [6.45, 7) is 2.63. The molecule has 0 fully saturated rings. The molecule has 5 rings (SSSR count). The van der Waals surface area contributed by atoms with Gasteiger partial charge in [0.15, 0.2) is 11.5 Å². The largest absolute Gasteiger partial charge is 0.493 e. The highest BCUT2D eigenvalue weighted by molar-refractivity contribution is 5.89. The minimum atomic E-state index is -0.921. The summed E-state index contributed by atoms with van der Waals surface area (Å²) < 4.78 is 17.0. The van der Waals surface area contributed by atoms with Gasteiger partial charge in [0, 0.05) is 41.0 Å². The second-order valence-corrected chi connectivity index (χ2v) is 9.31. The van der Waals surface area contributed by atoms with E-state index in [-0.39, 0.29) is 5.91 Å². The van der Waals surface area contributed by atoms with Gasteiger partial charge in [0.05, 0.1) is 26.3 Å². The van der Waals surface area contributed by atoms with Crippen LogP contribution in [-0.2, 0) is 24.3 Å². The fourth-order valence-electron chi connectivity index (χ4n) is 4.75. The topological polar surface area (TPSA) is 88.5 Å². The van der Waals surface area contributed by atoms with Crippen LogP contribution in [0.1, 0.15) is 23.8 Å². The highest BCUT2D eigenvalue weighted by atomic mass is 16.5. The van der Waals surface area contributed by atoms with Crippen LogP contribution >= 0.6 is 0 Å².